The van der Waals surface area contributed by atoms with E-state index >= 15 is 0 Å². The van der Waals surface area contributed by atoms with Crippen LogP contribution < -0.4 is 9.64 Å². The third-order valence-electron chi connectivity index (χ3n) is 8.20. The molecule has 1 fully saturated rings. The van der Waals surface area contributed by atoms with E-state index in [1.54, 1.807) is 35.1 Å². The van der Waals surface area contributed by atoms with Gasteiger partial charge in [-0.3, -0.25) is 14.5 Å². The van der Waals surface area contributed by atoms with Crippen LogP contribution in [0.25, 0.3) is 11.4 Å². The van der Waals surface area contributed by atoms with Crippen LogP contribution in [0.15, 0.2) is 54.6 Å². The number of methoxy groups -OCH3 is 1. The van der Waals surface area contributed by atoms with E-state index in [1.807, 2.05) is 64.1 Å². The lowest BCUT2D eigenvalue weighted by Gasteiger charge is -2.36. The van der Waals surface area contributed by atoms with Gasteiger partial charge in [0.1, 0.15) is 17.6 Å². The molecule has 6 rings (SSSR count). The van der Waals surface area contributed by atoms with E-state index in [9.17, 15) is 14.7 Å². The van der Waals surface area contributed by atoms with Crippen molar-refractivity contribution >= 4 is 40.7 Å². The average Bonchev–Trinajstić information content (AvgIpc) is 3.47. The normalized spacial score (nSPS) is 16.6. The Labute approximate surface area is 260 Å². The highest BCUT2D eigenvalue weighted by molar-refractivity contribution is 6.31. The Morgan fingerprint density at radius 2 is 1.70 bits per heavy atom. The van der Waals surface area contributed by atoms with E-state index in [1.165, 1.54) is 0 Å². The summed E-state index contributed by atoms with van der Waals surface area (Å²) in [6.07, 6.45) is -0.505. The first-order valence-corrected chi connectivity index (χ1v) is 14.9. The molecule has 3 aromatic carbocycles. The topological polar surface area (TPSA) is 87.9 Å². The van der Waals surface area contributed by atoms with Gasteiger partial charge < -0.3 is 19.3 Å². The van der Waals surface area contributed by atoms with Gasteiger partial charge in [0, 0.05) is 40.4 Å². The van der Waals surface area contributed by atoms with E-state index in [0.29, 0.717) is 57.2 Å². The highest BCUT2D eigenvalue weighted by Crippen LogP contribution is 2.47. The molecule has 2 aliphatic rings. The average molecular weight is 620 g/mol. The number of carbonyl (C=O) groups excluding carboxylic acids is 2. The predicted molar refractivity (Wildman–Crippen MR) is 168 cm³/mol. The lowest BCUT2D eigenvalue weighted by Crippen LogP contribution is -2.53. The number of amides is 2. The molecule has 0 aliphatic carbocycles. The van der Waals surface area contributed by atoms with Crippen LogP contribution in [0.2, 0.25) is 10.0 Å². The zero-order chi connectivity index (χ0) is 30.7. The molecular weight excluding hydrogens is 587 g/mol. The number of fused-ring (bicyclic) bond motifs is 1. The van der Waals surface area contributed by atoms with E-state index in [4.69, 9.17) is 32.9 Å². The number of likely N-dealkylation sites (tertiary alicyclic amines) is 1. The largest absolute Gasteiger partial charge is 0.496 e. The minimum atomic E-state index is -0.515. The first kappa shape index (κ1) is 29.2. The monoisotopic (exact) mass is 618 g/mol. The number of hydrogen-bond donors (Lipinski definition) is 1. The van der Waals surface area contributed by atoms with Crippen LogP contribution >= 0.6 is 23.2 Å². The summed E-state index contributed by atoms with van der Waals surface area (Å²) >= 11 is 12.8. The summed E-state index contributed by atoms with van der Waals surface area (Å²) in [6, 6.07) is 15.8. The number of carbonyl (C=O) groups is 2. The third kappa shape index (κ3) is 4.87. The molecule has 1 N–H and O–H groups in total. The Morgan fingerprint density at radius 3 is 2.35 bits per heavy atom. The first-order chi connectivity index (χ1) is 20.5. The first-order valence-electron chi connectivity index (χ1n) is 14.1. The fourth-order valence-electron chi connectivity index (χ4n) is 6.07. The maximum absolute atomic E-state index is 14.4. The summed E-state index contributed by atoms with van der Waals surface area (Å²) in [5.74, 6) is 0.626. The van der Waals surface area contributed by atoms with Crippen LogP contribution in [0.4, 0.5) is 5.69 Å². The van der Waals surface area contributed by atoms with Gasteiger partial charge in [-0.15, -0.1) is 0 Å². The smallest absolute Gasteiger partial charge is 0.279 e. The second kappa shape index (κ2) is 11.0. The van der Waals surface area contributed by atoms with Crippen LogP contribution in [-0.2, 0) is 0 Å². The lowest BCUT2D eigenvalue weighted by molar-refractivity contribution is 0.00589. The van der Waals surface area contributed by atoms with E-state index < -0.39 is 12.1 Å². The van der Waals surface area contributed by atoms with Crippen LogP contribution in [0.5, 0.6) is 5.75 Å². The number of aliphatic hydroxyl groups is 1. The quantitative estimate of drug-likeness (QED) is 0.262. The molecule has 0 radical (unpaired) electrons. The van der Waals surface area contributed by atoms with Crippen molar-refractivity contribution in [3.63, 3.8) is 0 Å². The zero-order valence-electron chi connectivity index (χ0n) is 24.6. The van der Waals surface area contributed by atoms with Gasteiger partial charge in [0.15, 0.2) is 5.69 Å². The zero-order valence-corrected chi connectivity index (χ0v) is 26.1. The number of aromatic nitrogens is 2. The molecule has 10 heteroatoms. The molecule has 1 atom stereocenters. The lowest BCUT2D eigenvalue weighted by atomic mass is 9.97. The highest BCUT2D eigenvalue weighted by Gasteiger charge is 2.46. The fourth-order valence-corrected chi connectivity index (χ4v) is 6.47. The number of benzene rings is 3. The van der Waals surface area contributed by atoms with Crippen LogP contribution in [0.3, 0.4) is 0 Å². The van der Waals surface area contributed by atoms with Crippen molar-refractivity contribution in [1.29, 1.82) is 0 Å². The van der Waals surface area contributed by atoms with Gasteiger partial charge in [0.05, 0.1) is 24.5 Å². The van der Waals surface area contributed by atoms with Crippen molar-refractivity contribution in [3.05, 3.63) is 98.3 Å². The predicted octanol–water partition coefficient (Wildman–Crippen LogP) is 6.63. The number of rotatable bonds is 6. The number of aliphatic hydroxyl groups excluding tert-OH is 1. The van der Waals surface area contributed by atoms with Crippen molar-refractivity contribution in [1.82, 2.24) is 14.5 Å². The molecule has 222 valence electrons. The summed E-state index contributed by atoms with van der Waals surface area (Å²) in [5, 5.41) is 10.9. The molecule has 0 spiro atoms. The third-order valence-corrected chi connectivity index (χ3v) is 8.67. The molecule has 43 heavy (non-hydrogen) atoms. The minimum Gasteiger partial charge on any atom is -0.496 e. The Morgan fingerprint density at radius 1 is 1.00 bits per heavy atom. The van der Waals surface area contributed by atoms with E-state index in [2.05, 4.69) is 4.57 Å². The number of aryl methyl sites for hydroxylation is 2. The molecule has 1 aromatic heterocycles. The number of β-amino-alcohol motifs (C(OH)–C–C–N with tert-alkyl or cyclic N) is 1. The Kier molecular flexibility index (Phi) is 7.49. The number of halogens is 2. The van der Waals surface area contributed by atoms with Gasteiger partial charge in [-0.05, 0) is 86.8 Å². The summed E-state index contributed by atoms with van der Waals surface area (Å²) in [5.41, 5.74) is 5.57. The van der Waals surface area contributed by atoms with Crippen LogP contribution in [0.1, 0.15) is 69.2 Å². The maximum Gasteiger partial charge on any atom is 0.279 e. The van der Waals surface area contributed by atoms with Gasteiger partial charge in [-0.1, -0.05) is 35.3 Å². The minimum absolute atomic E-state index is 0.107. The Balaban J connectivity index is 1.58. The van der Waals surface area contributed by atoms with Gasteiger partial charge >= 0.3 is 0 Å². The summed E-state index contributed by atoms with van der Waals surface area (Å²) in [6.45, 7) is 8.60. The van der Waals surface area contributed by atoms with Crippen LogP contribution in [0, 0.1) is 13.8 Å². The van der Waals surface area contributed by atoms with Crippen molar-refractivity contribution in [2.24, 2.45) is 0 Å². The number of nitrogens with zero attached hydrogens (tertiary/aromatic N) is 4. The maximum atomic E-state index is 14.4. The number of hydrogen-bond acceptors (Lipinski definition) is 5. The van der Waals surface area contributed by atoms with Gasteiger partial charge in [0.2, 0.25) is 0 Å². The molecule has 0 saturated carbocycles. The molecule has 2 aliphatic heterocycles. The number of ether oxygens (including phenoxy) is 1. The van der Waals surface area contributed by atoms with Crippen molar-refractivity contribution < 1.29 is 19.4 Å². The van der Waals surface area contributed by atoms with Gasteiger partial charge in [-0.2, -0.15) is 0 Å². The Hall–Kier alpha value is -3.85. The molecule has 1 saturated heterocycles. The highest BCUT2D eigenvalue weighted by atomic mass is 35.5. The van der Waals surface area contributed by atoms with Crippen LogP contribution in [-0.4, -0.2) is 57.7 Å². The molecular formula is C33H32Cl2N4O4. The van der Waals surface area contributed by atoms with Gasteiger partial charge in [-0.25, -0.2) is 4.98 Å². The van der Waals surface area contributed by atoms with E-state index in [-0.39, 0.29) is 17.9 Å². The number of anilines is 1. The van der Waals surface area contributed by atoms with Crippen molar-refractivity contribution in [2.45, 2.75) is 45.9 Å². The molecule has 3 heterocycles. The summed E-state index contributed by atoms with van der Waals surface area (Å²) in [4.78, 5) is 35.9. The second-order valence-electron chi connectivity index (χ2n) is 11.4. The second-order valence-corrected chi connectivity index (χ2v) is 12.3. The van der Waals surface area contributed by atoms with Gasteiger partial charge in [0.25, 0.3) is 11.8 Å². The number of imidazole rings is 1. The summed E-state index contributed by atoms with van der Waals surface area (Å²) in [7, 11) is 1.57. The summed E-state index contributed by atoms with van der Waals surface area (Å²) < 4.78 is 7.80. The SMILES string of the molecule is COc1ccc(C(=O)N2CC(O)C2)cc1-c1nc2c(n1C(C)C)C(c1ccc(Cl)cc1C)N(c1cc(Cl)ccc1C)C2=O. The van der Waals surface area contributed by atoms with Crippen molar-refractivity contribution in [2.75, 3.05) is 25.1 Å². The van der Waals surface area contributed by atoms with Crippen molar-refractivity contribution in [3.8, 4) is 17.1 Å². The molecule has 4 aromatic rings. The molecule has 0 bridgehead atoms. The Bertz CT molecular complexity index is 1780. The fraction of sp³-hybridized carbons (Fsp3) is 0.303. The molecule has 1 unspecified atom stereocenters. The standard InChI is InChI=1S/C33H32Cl2N4O4/c1-17(2)38-30-28(36-31(38)25-13-20(7-11-27(25)43-5)32(41)37-15-23(40)16-37)33(42)39(26-14-22(35)8-6-18(26)3)29(30)24-10-9-21(34)12-19(24)4/h6-14,17,23,29,40H,15-16H2,1-5H3. The van der Waals surface area contributed by atoms with E-state index in [0.717, 1.165) is 22.4 Å². The molecule has 2 amide bonds. The molecule has 8 nitrogen and oxygen atoms in total.